The Labute approximate surface area is 86.7 Å². The zero-order valence-corrected chi connectivity index (χ0v) is 9.87. The lowest BCUT2D eigenvalue weighted by Crippen LogP contribution is -2.38. The summed E-state index contributed by atoms with van der Waals surface area (Å²) < 4.78 is 0. The second-order valence-corrected chi connectivity index (χ2v) is 5.17. The molecule has 0 aliphatic heterocycles. The summed E-state index contributed by atoms with van der Waals surface area (Å²) in [5.41, 5.74) is 5.71. The molecule has 0 aromatic rings. The monoisotopic (exact) mass is 201 g/mol. The summed E-state index contributed by atoms with van der Waals surface area (Å²) in [5.74, 6) is -0.852. The highest BCUT2D eigenvalue weighted by Crippen LogP contribution is 2.31. The van der Waals surface area contributed by atoms with Gasteiger partial charge in [-0.05, 0) is 24.7 Å². The van der Waals surface area contributed by atoms with Crippen LogP contribution in [-0.2, 0) is 4.79 Å². The average Bonchev–Trinajstić information content (AvgIpc) is 1.98. The summed E-state index contributed by atoms with van der Waals surface area (Å²) in [6.07, 6.45) is 0.637. The number of nitrogens with two attached hydrogens (primary N) is 1. The third kappa shape index (κ3) is 3.66. The molecule has 0 saturated carbocycles. The number of carboxylic acids is 1. The van der Waals surface area contributed by atoms with Crippen molar-refractivity contribution in [1.29, 1.82) is 0 Å². The van der Waals surface area contributed by atoms with E-state index in [-0.39, 0.29) is 23.3 Å². The molecule has 3 nitrogen and oxygen atoms in total. The molecule has 0 amide bonds. The van der Waals surface area contributed by atoms with Gasteiger partial charge in [0.05, 0.1) is 5.92 Å². The maximum atomic E-state index is 11.0. The second kappa shape index (κ2) is 4.78. The van der Waals surface area contributed by atoms with E-state index in [0.29, 0.717) is 6.42 Å². The van der Waals surface area contributed by atoms with Crippen molar-refractivity contribution in [3.8, 4) is 0 Å². The Balaban J connectivity index is 4.52. The van der Waals surface area contributed by atoms with Crippen LogP contribution in [0.5, 0.6) is 0 Å². The Kier molecular flexibility index (Phi) is 4.59. The van der Waals surface area contributed by atoms with Gasteiger partial charge in [0, 0.05) is 6.04 Å². The molecule has 0 aliphatic rings. The molecule has 0 rings (SSSR count). The van der Waals surface area contributed by atoms with Gasteiger partial charge in [-0.15, -0.1) is 0 Å². The summed E-state index contributed by atoms with van der Waals surface area (Å²) in [4.78, 5) is 11.0. The van der Waals surface area contributed by atoms with Gasteiger partial charge in [-0.2, -0.15) is 0 Å². The minimum atomic E-state index is -0.714. The lowest BCUT2D eigenvalue weighted by Gasteiger charge is -2.33. The van der Waals surface area contributed by atoms with Crippen LogP contribution in [0.3, 0.4) is 0 Å². The van der Waals surface area contributed by atoms with Crippen LogP contribution in [0, 0.1) is 17.3 Å². The van der Waals surface area contributed by atoms with E-state index < -0.39 is 5.97 Å². The van der Waals surface area contributed by atoms with Gasteiger partial charge in [-0.25, -0.2) is 0 Å². The van der Waals surface area contributed by atoms with Gasteiger partial charge in [0.25, 0.3) is 0 Å². The number of carbonyl (C=O) groups is 1. The minimum Gasteiger partial charge on any atom is -0.481 e. The summed E-state index contributed by atoms with van der Waals surface area (Å²) in [7, 11) is 0. The highest BCUT2D eigenvalue weighted by molar-refractivity contribution is 5.70. The van der Waals surface area contributed by atoms with Crippen molar-refractivity contribution in [1.82, 2.24) is 0 Å². The van der Waals surface area contributed by atoms with Gasteiger partial charge in [0.2, 0.25) is 0 Å². The largest absolute Gasteiger partial charge is 0.481 e. The second-order valence-electron chi connectivity index (χ2n) is 5.17. The van der Waals surface area contributed by atoms with Gasteiger partial charge < -0.3 is 10.8 Å². The van der Waals surface area contributed by atoms with Crippen LogP contribution < -0.4 is 5.73 Å². The van der Waals surface area contributed by atoms with Crippen LogP contribution in [0.2, 0.25) is 0 Å². The van der Waals surface area contributed by atoms with Crippen molar-refractivity contribution in [3.63, 3.8) is 0 Å². The lowest BCUT2D eigenvalue weighted by atomic mass is 9.74. The van der Waals surface area contributed by atoms with E-state index >= 15 is 0 Å². The fourth-order valence-electron chi connectivity index (χ4n) is 1.36. The zero-order valence-electron chi connectivity index (χ0n) is 9.87. The number of rotatable bonds is 5. The van der Waals surface area contributed by atoms with Crippen LogP contribution in [0.15, 0.2) is 0 Å². The molecule has 0 radical (unpaired) electrons. The smallest absolute Gasteiger partial charge is 0.306 e. The van der Waals surface area contributed by atoms with Crippen molar-refractivity contribution in [2.45, 2.75) is 47.1 Å². The summed E-state index contributed by atoms with van der Waals surface area (Å²) in [6.45, 7) is 9.86. The van der Waals surface area contributed by atoms with E-state index in [4.69, 9.17) is 10.8 Å². The van der Waals surface area contributed by atoms with E-state index in [1.165, 1.54) is 0 Å². The Morgan fingerprint density at radius 3 is 2.00 bits per heavy atom. The number of aliphatic carboxylic acids is 1. The van der Waals surface area contributed by atoms with Crippen molar-refractivity contribution < 1.29 is 9.90 Å². The zero-order chi connectivity index (χ0) is 11.5. The maximum absolute atomic E-state index is 11.0. The normalized spacial score (nSPS) is 16.8. The Morgan fingerprint density at radius 1 is 1.36 bits per heavy atom. The number of carboxylic acid groups (broad SMARTS) is 1. The molecule has 3 N–H and O–H groups in total. The van der Waals surface area contributed by atoms with Gasteiger partial charge in [0.15, 0.2) is 0 Å². The molecule has 84 valence electrons. The summed E-state index contributed by atoms with van der Waals surface area (Å²) in [5, 5.41) is 9.05. The van der Waals surface area contributed by atoms with E-state index in [1.807, 2.05) is 34.6 Å². The highest BCUT2D eigenvalue weighted by Gasteiger charge is 2.32. The molecular weight excluding hydrogens is 178 g/mol. The van der Waals surface area contributed by atoms with E-state index in [0.717, 1.165) is 0 Å². The van der Waals surface area contributed by atoms with Crippen LogP contribution >= 0.6 is 0 Å². The van der Waals surface area contributed by atoms with Crippen molar-refractivity contribution in [3.05, 3.63) is 0 Å². The molecule has 0 saturated heterocycles. The summed E-state index contributed by atoms with van der Waals surface area (Å²) in [6, 6.07) is 0.0168. The highest BCUT2D eigenvalue weighted by atomic mass is 16.4. The van der Waals surface area contributed by atoms with E-state index in [1.54, 1.807) is 0 Å². The van der Waals surface area contributed by atoms with Crippen molar-refractivity contribution in [2.75, 3.05) is 0 Å². The third-order valence-electron chi connectivity index (χ3n) is 3.10. The molecule has 0 bridgehead atoms. The average molecular weight is 201 g/mol. The van der Waals surface area contributed by atoms with Crippen LogP contribution in [-0.4, -0.2) is 17.1 Å². The van der Waals surface area contributed by atoms with Crippen molar-refractivity contribution in [2.24, 2.45) is 23.0 Å². The van der Waals surface area contributed by atoms with E-state index in [2.05, 4.69) is 0 Å². The first-order valence-corrected chi connectivity index (χ1v) is 5.17. The quantitative estimate of drug-likeness (QED) is 0.716. The predicted molar refractivity (Wildman–Crippen MR) is 58.0 cm³/mol. The topological polar surface area (TPSA) is 63.3 Å². The van der Waals surface area contributed by atoms with Crippen molar-refractivity contribution >= 4 is 5.97 Å². The maximum Gasteiger partial charge on any atom is 0.306 e. The Hall–Kier alpha value is -0.570. The lowest BCUT2D eigenvalue weighted by molar-refractivity contribution is -0.144. The minimum absolute atomic E-state index is 0.0168. The van der Waals surface area contributed by atoms with Gasteiger partial charge in [-0.1, -0.05) is 27.7 Å². The molecule has 0 aromatic heterocycles. The first-order valence-electron chi connectivity index (χ1n) is 5.17. The molecule has 2 atom stereocenters. The summed E-state index contributed by atoms with van der Waals surface area (Å²) >= 11 is 0. The number of hydrogen-bond acceptors (Lipinski definition) is 2. The molecule has 0 fully saturated rings. The predicted octanol–water partition coefficient (Wildman–Crippen LogP) is 2.11. The third-order valence-corrected chi connectivity index (χ3v) is 3.10. The van der Waals surface area contributed by atoms with Gasteiger partial charge in [-0.3, -0.25) is 4.79 Å². The fourth-order valence-corrected chi connectivity index (χ4v) is 1.36. The van der Waals surface area contributed by atoms with Crippen LogP contribution in [0.25, 0.3) is 0 Å². The molecule has 2 unspecified atom stereocenters. The molecule has 0 aliphatic carbocycles. The fraction of sp³-hybridized carbons (Fsp3) is 0.909. The first kappa shape index (κ1) is 13.4. The Bertz CT molecular complexity index is 197. The van der Waals surface area contributed by atoms with Crippen LogP contribution in [0.4, 0.5) is 0 Å². The van der Waals surface area contributed by atoms with Crippen LogP contribution in [0.1, 0.15) is 41.0 Å². The molecule has 3 heteroatoms. The molecule has 0 aromatic carbocycles. The SMILES string of the molecule is CC(C)C(CC(C)(C)C(C)N)C(=O)O. The first-order chi connectivity index (χ1) is 6.18. The van der Waals surface area contributed by atoms with Gasteiger partial charge in [0.1, 0.15) is 0 Å². The standard InChI is InChI=1S/C11H23NO2/c1-7(2)9(10(13)14)6-11(4,5)8(3)12/h7-9H,6,12H2,1-5H3,(H,13,14). The Morgan fingerprint density at radius 2 is 1.79 bits per heavy atom. The molecule has 0 heterocycles. The molecular formula is C11H23NO2. The number of hydrogen-bond donors (Lipinski definition) is 2. The molecule has 14 heavy (non-hydrogen) atoms. The molecule has 0 spiro atoms. The van der Waals surface area contributed by atoms with E-state index in [9.17, 15) is 4.79 Å². The van der Waals surface area contributed by atoms with Gasteiger partial charge >= 0.3 is 5.97 Å².